The predicted molar refractivity (Wildman–Crippen MR) is 122 cm³/mol. The third kappa shape index (κ3) is 5.02. The van der Waals surface area contributed by atoms with E-state index in [2.05, 4.69) is 83.7 Å². The van der Waals surface area contributed by atoms with Crippen molar-refractivity contribution in [3.05, 3.63) is 71.3 Å². The summed E-state index contributed by atoms with van der Waals surface area (Å²) in [7, 11) is 2.18. The first-order valence-electron chi connectivity index (χ1n) is 11.1. The van der Waals surface area contributed by atoms with E-state index in [4.69, 9.17) is 0 Å². The largest absolute Gasteiger partial charge is 0.298 e. The fourth-order valence-electron chi connectivity index (χ4n) is 4.91. The monoisotopic (exact) mass is 387 g/mol. The van der Waals surface area contributed by atoms with Crippen LogP contribution in [-0.2, 0) is 13.1 Å². The normalized spacial score (nSPS) is 22.3. The Balaban J connectivity index is 1.45. The lowest BCUT2D eigenvalue weighted by Gasteiger charge is -2.32. The zero-order chi connectivity index (χ0) is 20.1. The fraction of sp³-hybridized carbons (Fsp3) is 0.462. The summed E-state index contributed by atoms with van der Waals surface area (Å²) in [4.78, 5) is 2.36. The average Bonchev–Trinajstić information content (AvgIpc) is 2.70. The van der Waals surface area contributed by atoms with Crippen molar-refractivity contribution in [2.24, 2.45) is 22.0 Å². The highest BCUT2D eigenvalue weighted by Crippen LogP contribution is 2.34. The van der Waals surface area contributed by atoms with Crippen molar-refractivity contribution in [1.29, 1.82) is 0 Å². The molecule has 1 aliphatic heterocycles. The SMILES string of the molecule is CC1=NN=C(c2ccc(CN(C)Cc3ccccc3)cc2)C2CCCCCCC12. The molecule has 152 valence electrons. The second-order valence-corrected chi connectivity index (χ2v) is 8.79. The third-order valence-corrected chi connectivity index (χ3v) is 6.47. The third-order valence-electron chi connectivity index (χ3n) is 6.47. The van der Waals surface area contributed by atoms with Crippen molar-refractivity contribution in [3.8, 4) is 0 Å². The van der Waals surface area contributed by atoms with Crippen LogP contribution >= 0.6 is 0 Å². The highest BCUT2D eigenvalue weighted by Gasteiger charge is 2.32. The highest BCUT2D eigenvalue weighted by atomic mass is 15.2. The molecule has 4 rings (SSSR count). The minimum absolute atomic E-state index is 0.541. The summed E-state index contributed by atoms with van der Waals surface area (Å²) in [6, 6.07) is 19.7. The van der Waals surface area contributed by atoms with Crippen LogP contribution in [0.25, 0.3) is 0 Å². The molecule has 0 aromatic heterocycles. The minimum atomic E-state index is 0.541. The van der Waals surface area contributed by atoms with Gasteiger partial charge in [0.1, 0.15) is 0 Å². The molecule has 2 aliphatic rings. The molecule has 0 saturated heterocycles. The maximum absolute atomic E-state index is 4.68. The quantitative estimate of drug-likeness (QED) is 0.610. The van der Waals surface area contributed by atoms with Crippen LogP contribution in [0.4, 0.5) is 0 Å². The van der Waals surface area contributed by atoms with Crippen molar-refractivity contribution in [2.45, 2.75) is 58.5 Å². The summed E-state index contributed by atoms with van der Waals surface area (Å²) >= 11 is 0. The summed E-state index contributed by atoms with van der Waals surface area (Å²) in [5, 5.41) is 9.24. The van der Waals surface area contributed by atoms with Crippen LogP contribution < -0.4 is 0 Å². The number of benzene rings is 2. The van der Waals surface area contributed by atoms with Crippen molar-refractivity contribution in [1.82, 2.24) is 4.90 Å². The number of hydrogen-bond donors (Lipinski definition) is 0. The zero-order valence-corrected chi connectivity index (χ0v) is 17.8. The molecule has 1 fully saturated rings. The summed E-state index contributed by atoms with van der Waals surface area (Å²) in [6.07, 6.45) is 7.89. The second-order valence-electron chi connectivity index (χ2n) is 8.79. The fourth-order valence-corrected chi connectivity index (χ4v) is 4.91. The Morgan fingerprint density at radius 1 is 0.759 bits per heavy atom. The van der Waals surface area contributed by atoms with Gasteiger partial charge in [0, 0.05) is 30.6 Å². The number of nitrogens with zero attached hydrogens (tertiary/aromatic N) is 3. The minimum Gasteiger partial charge on any atom is -0.298 e. The van der Waals surface area contributed by atoms with Gasteiger partial charge >= 0.3 is 0 Å². The molecule has 3 heteroatoms. The van der Waals surface area contributed by atoms with Crippen LogP contribution in [0.5, 0.6) is 0 Å². The van der Waals surface area contributed by atoms with E-state index >= 15 is 0 Å². The Bertz CT molecular complexity index is 851. The zero-order valence-electron chi connectivity index (χ0n) is 17.8. The Morgan fingerprint density at radius 3 is 2.07 bits per heavy atom. The molecule has 1 heterocycles. The average molecular weight is 388 g/mol. The van der Waals surface area contributed by atoms with Gasteiger partial charge in [-0.15, -0.1) is 0 Å². The van der Waals surface area contributed by atoms with Gasteiger partial charge < -0.3 is 0 Å². The first kappa shape index (κ1) is 20.0. The smallest absolute Gasteiger partial charge is 0.0740 e. The second kappa shape index (κ2) is 9.49. The molecule has 2 aromatic carbocycles. The van der Waals surface area contributed by atoms with Gasteiger partial charge in [-0.3, -0.25) is 4.90 Å². The van der Waals surface area contributed by atoms with E-state index in [1.54, 1.807) is 0 Å². The molecule has 1 aliphatic carbocycles. The number of fused-ring (bicyclic) bond motifs is 1. The number of hydrogen-bond acceptors (Lipinski definition) is 3. The van der Waals surface area contributed by atoms with E-state index in [9.17, 15) is 0 Å². The maximum atomic E-state index is 4.68. The molecule has 29 heavy (non-hydrogen) atoms. The van der Waals surface area contributed by atoms with Gasteiger partial charge in [0.25, 0.3) is 0 Å². The van der Waals surface area contributed by atoms with Crippen LogP contribution in [0.15, 0.2) is 64.8 Å². The van der Waals surface area contributed by atoms with Crippen LogP contribution in [0, 0.1) is 11.8 Å². The lowest BCUT2D eigenvalue weighted by molar-refractivity contribution is 0.319. The Kier molecular flexibility index (Phi) is 6.56. The van der Waals surface area contributed by atoms with Gasteiger partial charge in [-0.25, -0.2) is 0 Å². The molecule has 2 unspecified atom stereocenters. The van der Waals surface area contributed by atoms with Gasteiger partial charge in [0.2, 0.25) is 0 Å². The van der Waals surface area contributed by atoms with E-state index in [0.717, 1.165) is 13.1 Å². The molecule has 0 bridgehead atoms. The topological polar surface area (TPSA) is 28.0 Å². The van der Waals surface area contributed by atoms with Crippen molar-refractivity contribution >= 4 is 11.4 Å². The predicted octanol–water partition coefficient (Wildman–Crippen LogP) is 6.08. The van der Waals surface area contributed by atoms with Gasteiger partial charge in [0.15, 0.2) is 0 Å². The summed E-state index contributed by atoms with van der Waals surface area (Å²) in [5.41, 5.74) is 6.40. The van der Waals surface area contributed by atoms with Crippen molar-refractivity contribution < 1.29 is 0 Å². The Hall–Kier alpha value is -2.26. The molecule has 3 nitrogen and oxygen atoms in total. The molecular weight excluding hydrogens is 354 g/mol. The molecule has 0 spiro atoms. The van der Waals surface area contributed by atoms with Crippen LogP contribution in [0.2, 0.25) is 0 Å². The van der Waals surface area contributed by atoms with Crippen molar-refractivity contribution in [2.75, 3.05) is 7.05 Å². The van der Waals surface area contributed by atoms with E-state index in [-0.39, 0.29) is 0 Å². The first-order chi connectivity index (χ1) is 14.2. The van der Waals surface area contributed by atoms with Gasteiger partial charge in [0.05, 0.1) is 5.71 Å². The molecule has 1 saturated carbocycles. The molecule has 0 amide bonds. The maximum Gasteiger partial charge on any atom is 0.0740 e. The van der Waals surface area contributed by atoms with Gasteiger partial charge in [-0.1, -0.05) is 80.3 Å². The van der Waals surface area contributed by atoms with Crippen LogP contribution in [0.1, 0.15) is 62.1 Å². The standard InChI is InChI=1S/C26H33N3/c1-20-24-12-8-3-4-9-13-25(24)26(28-27-20)23-16-14-22(15-17-23)19-29(2)18-21-10-6-5-7-11-21/h5-7,10-11,14-17,24-25H,3-4,8-9,12-13,18-19H2,1-2H3. The van der Waals surface area contributed by atoms with Gasteiger partial charge in [-0.2, -0.15) is 10.2 Å². The highest BCUT2D eigenvalue weighted by molar-refractivity contribution is 6.06. The molecule has 0 N–H and O–H groups in total. The Labute approximate surface area is 175 Å². The molecule has 2 atom stereocenters. The molecular formula is C26H33N3. The summed E-state index contributed by atoms with van der Waals surface area (Å²) < 4.78 is 0. The lowest BCUT2D eigenvalue weighted by Crippen LogP contribution is -2.33. The van der Waals surface area contributed by atoms with E-state index in [0.29, 0.717) is 11.8 Å². The van der Waals surface area contributed by atoms with Crippen LogP contribution in [0.3, 0.4) is 0 Å². The molecule has 0 radical (unpaired) electrons. The van der Waals surface area contributed by atoms with Crippen LogP contribution in [-0.4, -0.2) is 23.4 Å². The van der Waals surface area contributed by atoms with E-state index < -0.39 is 0 Å². The Morgan fingerprint density at radius 2 is 1.38 bits per heavy atom. The van der Waals surface area contributed by atoms with E-state index in [1.807, 2.05) is 0 Å². The van der Waals surface area contributed by atoms with Crippen molar-refractivity contribution in [3.63, 3.8) is 0 Å². The summed E-state index contributed by atoms with van der Waals surface area (Å²) in [5.74, 6) is 1.12. The molecule has 2 aromatic rings. The van der Waals surface area contributed by atoms with Gasteiger partial charge in [-0.05, 0) is 43.5 Å². The van der Waals surface area contributed by atoms with E-state index in [1.165, 1.54) is 66.6 Å². The summed E-state index contributed by atoms with van der Waals surface area (Å²) in [6.45, 7) is 4.09. The first-order valence-corrected chi connectivity index (χ1v) is 11.1. The lowest BCUT2D eigenvalue weighted by atomic mass is 9.74. The number of rotatable bonds is 5.